The number of hydrogen-bond donors (Lipinski definition) is 1. The molecule has 0 aromatic heterocycles. The molecule has 1 atom stereocenters. The van der Waals surface area contributed by atoms with Crippen LogP contribution in [0.4, 0.5) is 0 Å². The first-order valence-corrected chi connectivity index (χ1v) is 7.81. The van der Waals surface area contributed by atoms with Crippen LogP contribution >= 0.6 is 0 Å². The molecule has 1 aliphatic heterocycles. The normalized spacial score (nSPS) is 26.2. The second-order valence-corrected chi connectivity index (χ2v) is 6.58. The summed E-state index contributed by atoms with van der Waals surface area (Å²) in [5.74, 6) is -0.713. The smallest absolute Gasteiger partial charge is 0.325 e. The van der Waals surface area contributed by atoms with Crippen LogP contribution in [0.25, 0.3) is 0 Å². The van der Waals surface area contributed by atoms with Gasteiger partial charge in [0.1, 0.15) is 0 Å². The lowest BCUT2D eigenvalue weighted by molar-refractivity contribution is -0.138. The number of carbonyl (C=O) groups excluding carboxylic acids is 1. The minimum atomic E-state index is -3.69. The molecule has 0 amide bonds. The van der Waals surface area contributed by atoms with Crippen LogP contribution in [0, 0.1) is 11.8 Å². The average Bonchev–Trinajstić information content (AvgIpc) is 2.85. The molecule has 2 rings (SSSR count). The van der Waals surface area contributed by atoms with Gasteiger partial charge in [-0.05, 0) is 38.3 Å². The Morgan fingerprint density at radius 3 is 2.53 bits per heavy atom. The van der Waals surface area contributed by atoms with E-state index in [0.29, 0.717) is 6.54 Å². The molecule has 1 heterocycles. The monoisotopic (exact) mass is 261 g/mol. The fraction of sp³-hybridized carbons (Fsp3) is 0.909. The van der Waals surface area contributed by atoms with Gasteiger partial charge in [0.2, 0.25) is 0 Å². The van der Waals surface area contributed by atoms with Crippen molar-refractivity contribution in [1.29, 1.82) is 0 Å². The van der Waals surface area contributed by atoms with E-state index in [-0.39, 0.29) is 17.6 Å². The first kappa shape index (κ1) is 12.8. The van der Waals surface area contributed by atoms with Crippen LogP contribution in [0.5, 0.6) is 0 Å². The Kier molecular flexibility index (Phi) is 4.04. The van der Waals surface area contributed by atoms with Crippen molar-refractivity contribution in [3.63, 3.8) is 0 Å². The van der Waals surface area contributed by atoms with Crippen molar-refractivity contribution in [1.82, 2.24) is 5.32 Å². The predicted molar refractivity (Wildman–Crippen MR) is 62.8 cm³/mol. The number of hydrogen-bond acceptors (Lipinski definition) is 5. The van der Waals surface area contributed by atoms with E-state index in [2.05, 4.69) is 9.50 Å². The van der Waals surface area contributed by atoms with E-state index >= 15 is 0 Å². The van der Waals surface area contributed by atoms with E-state index in [1.54, 1.807) is 0 Å². The summed E-state index contributed by atoms with van der Waals surface area (Å²) in [5.41, 5.74) is 0. The topological polar surface area (TPSA) is 72.5 Å². The zero-order chi connectivity index (χ0) is 12.3. The van der Waals surface area contributed by atoms with Gasteiger partial charge in [-0.1, -0.05) is 12.8 Å². The highest BCUT2D eigenvalue weighted by molar-refractivity contribution is 7.87. The number of nitrogens with one attached hydrogen (secondary N) is 1. The van der Waals surface area contributed by atoms with Crippen LogP contribution in [-0.2, 0) is 19.1 Å². The summed E-state index contributed by atoms with van der Waals surface area (Å²) >= 11 is 0. The van der Waals surface area contributed by atoms with Crippen molar-refractivity contribution in [2.75, 3.05) is 18.8 Å². The summed E-state index contributed by atoms with van der Waals surface area (Å²) < 4.78 is 28.1. The molecule has 98 valence electrons. The summed E-state index contributed by atoms with van der Waals surface area (Å²) in [4.78, 5) is 11.6. The highest BCUT2D eigenvalue weighted by Gasteiger charge is 2.30. The van der Waals surface area contributed by atoms with Gasteiger partial charge in [0.05, 0.1) is 11.7 Å². The molecule has 0 unspecified atom stereocenters. The van der Waals surface area contributed by atoms with Gasteiger partial charge in [0.25, 0.3) is 0 Å². The van der Waals surface area contributed by atoms with Gasteiger partial charge in [-0.3, -0.25) is 4.79 Å². The zero-order valence-corrected chi connectivity index (χ0v) is 10.7. The summed E-state index contributed by atoms with van der Waals surface area (Å²) in [6.45, 7) is 1.54. The maximum atomic E-state index is 11.7. The Labute approximate surface area is 102 Å². The third kappa shape index (κ3) is 3.67. The van der Waals surface area contributed by atoms with E-state index < -0.39 is 16.1 Å². The quantitative estimate of drug-likeness (QED) is 0.753. The van der Waals surface area contributed by atoms with Crippen molar-refractivity contribution >= 4 is 16.1 Å². The first-order chi connectivity index (χ1) is 8.07. The van der Waals surface area contributed by atoms with E-state index in [1.165, 1.54) is 0 Å². The van der Waals surface area contributed by atoms with E-state index in [1.807, 2.05) is 0 Å². The summed E-state index contributed by atoms with van der Waals surface area (Å²) in [5, 5.41) is 3.10. The molecule has 1 aliphatic carbocycles. The van der Waals surface area contributed by atoms with Crippen LogP contribution in [0.3, 0.4) is 0 Å². The molecule has 0 spiro atoms. The number of rotatable bonds is 4. The molecule has 6 heteroatoms. The summed E-state index contributed by atoms with van der Waals surface area (Å²) in [7, 11) is -3.69. The Bertz CT molecular complexity index is 367. The van der Waals surface area contributed by atoms with Crippen LogP contribution in [0.15, 0.2) is 0 Å². The Morgan fingerprint density at radius 2 is 1.94 bits per heavy atom. The highest BCUT2D eigenvalue weighted by Crippen LogP contribution is 2.26. The largest absolute Gasteiger partial charge is 0.345 e. The molecule has 1 N–H and O–H groups in total. The molecule has 17 heavy (non-hydrogen) atoms. The van der Waals surface area contributed by atoms with E-state index in [0.717, 1.165) is 38.6 Å². The Hall–Kier alpha value is -0.620. The van der Waals surface area contributed by atoms with Gasteiger partial charge in [0.15, 0.2) is 0 Å². The Morgan fingerprint density at radius 1 is 1.24 bits per heavy atom. The van der Waals surface area contributed by atoms with Crippen LogP contribution < -0.4 is 5.32 Å². The minimum Gasteiger partial charge on any atom is -0.345 e. The SMILES string of the molecule is O=C(OS(=O)(=O)C[C@H]1CCNC1)C1CCCC1. The van der Waals surface area contributed by atoms with Crippen LogP contribution in [0.1, 0.15) is 32.1 Å². The molecule has 0 radical (unpaired) electrons. The van der Waals surface area contributed by atoms with Crippen LogP contribution in [-0.4, -0.2) is 33.2 Å². The third-order valence-corrected chi connectivity index (χ3v) is 4.80. The molecule has 2 aliphatic rings. The van der Waals surface area contributed by atoms with Crippen molar-refractivity contribution in [3.05, 3.63) is 0 Å². The van der Waals surface area contributed by atoms with Gasteiger partial charge < -0.3 is 9.50 Å². The molecule has 5 nitrogen and oxygen atoms in total. The summed E-state index contributed by atoms with van der Waals surface area (Å²) in [6.07, 6.45) is 4.34. The highest BCUT2D eigenvalue weighted by atomic mass is 32.2. The molecular formula is C11H19NO4S. The third-order valence-electron chi connectivity index (χ3n) is 3.50. The van der Waals surface area contributed by atoms with Crippen molar-refractivity contribution in [2.45, 2.75) is 32.1 Å². The predicted octanol–water partition coefficient (Wildman–Crippen LogP) is 0.659. The maximum Gasteiger partial charge on any atom is 0.325 e. The standard InChI is InChI=1S/C11H19NO4S/c13-11(10-3-1-2-4-10)16-17(14,15)8-9-5-6-12-7-9/h9-10,12H,1-8H2/t9-/m0/s1. The van der Waals surface area contributed by atoms with Gasteiger partial charge in [0, 0.05) is 0 Å². The summed E-state index contributed by atoms with van der Waals surface area (Å²) in [6, 6.07) is 0. The molecular weight excluding hydrogens is 242 g/mol. The molecule has 1 saturated heterocycles. The van der Waals surface area contributed by atoms with E-state index in [9.17, 15) is 13.2 Å². The molecule has 2 fully saturated rings. The second kappa shape index (κ2) is 5.35. The maximum absolute atomic E-state index is 11.7. The van der Waals surface area contributed by atoms with Crippen LogP contribution in [0.2, 0.25) is 0 Å². The Balaban J connectivity index is 1.85. The lowest BCUT2D eigenvalue weighted by Crippen LogP contribution is -2.25. The van der Waals surface area contributed by atoms with Crippen molar-refractivity contribution < 1.29 is 17.4 Å². The zero-order valence-electron chi connectivity index (χ0n) is 9.85. The molecule has 1 saturated carbocycles. The lowest BCUT2D eigenvalue weighted by atomic mass is 10.1. The fourth-order valence-corrected chi connectivity index (χ4v) is 3.85. The lowest BCUT2D eigenvalue weighted by Gasteiger charge is -2.12. The molecule has 0 aromatic rings. The van der Waals surface area contributed by atoms with Gasteiger partial charge in [-0.2, -0.15) is 8.42 Å². The second-order valence-electron chi connectivity index (χ2n) is 4.97. The minimum absolute atomic E-state index is 0.0432. The molecule has 0 bridgehead atoms. The van der Waals surface area contributed by atoms with Gasteiger partial charge in [-0.25, -0.2) is 0 Å². The molecule has 0 aromatic carbocycles. The average molecular weight is 261 g/mol. The van der Waals surface area contributed by atoms with Gasteiger partial charge in [-0.15, -0.1) is 0 Å². The van der Waals surface area contributed by atoms with Crippen molar-refractivity contribution in [3.8, 4) is 0 Å². The first-order valence-electron chi connectivity index (χ1n) is 6.23. The number of carbonyl (C=O) groups is 1. The van der Waals surface area contributed by atoms with E-state index in [4.69, 9.17) is 0 Å². The fourth-order valence-electron chi connectivity index (χ4n) is 2.53. The van der Waals surface area contributed by atoms with Gasteiger partial charge >= 0.3 is 16.1 Å². The van der Waals surface area contributed by atoms with Crippen molar-refractivity contribution in [2.24, 2.45) is 11.8 Å².